The Balaban J connectivity index is -0.000000295. The Morgan fingerprint density at radius 2 is 1.52 bits per heavy atom. The predicted octanol–water partition coefficient (Wildman–Crippen LogP) is 3.88. The van der Waals surface area contributed by atoms with Crippen molar-refractivity contribution in [2.45, 2.75) is 67.7 Å². The Morgan fingerprint density at radius 1 is 1.05 bits per heavy atom. The zero-order valence-electron chi connectivity index (χ0n) is 14.2. The summed E-state index contributed by atoms with van der Waals surface area (Å²) in [7, 11) is 0. The summed E-state index contributed by atoms with van der Waals surface area (Å²) >= 11 is 0. The molecule has 0 fully saturated rings. The second-order valence-electron chi connectivity index (χ2n) is 6.09. The molecule has 0 amide bonds. The summed E-state index contributed by atoms with van der Waals surface area (Å²) < 4.78 is 0. The topological polar surface area (TPSA) is 76.4 Å². The SMILES string of the molecule is C.C=C(C)NCCCC(C)C.CC(C)CCCN=C(N)N. The van der Waals surface area contributed by atoms with Crippen LogP contribution in [0.3, 0.4) is 0 Å². The van der Waals surface area contributed by atoms with Crippen LogP contribution in [0, 0.1) is 11.8 Å². The van der Waals surface area contributed by atoms with Crippen LogP contribution in [0.2, 0.25) is 0 Å². The number of rotatable bonds is 9. The van der Waals surface area contributed by atoms with Gasteiger partial charge >= 0.3 is 0 Å². The number of aliphatic imine (C=N–C) groups is 1. The van der Waals surface area contributed by atoms with E-state index in [9.17, 15) is 0 Å². The first-order valence-electron chi connectivity index (χ1n) is 7.70. The van der Waals surface area contributed by atoms with E-state index in [-0.39, 0.29) is 13.4 Å². The molecule has 0 aromatic rings. The summed E-state index contributed by atoms with van der Waals surface area (Å²) in [4.78, 5) is 3.87. The van der Waals surface area contributed by atoms with Gasteiger partial charge in [-0.2, -0.15) is 0 Å². The molecule has 0 saturated carbocycles. The molecule has 0 radical (unpaired) electrons. The molecule has 0 saturated heterocycles. The van der Waals surface area contributed by atoms with Crippen LogP contribution < -0.4 is 16.8 Å². The molecule has 0 aromatic heterocycles. The Kier molecular flexibility index (Phi) is 19.9. The van der Waals surface area contributed by atoms with Gasteiger partial charge in [0.15, 0.2) is 5.96 Å². The van der Waals surface area contributed by atoms with Gasteiger partial charge in [-0.1, -0.05) is 41.7 Å². The van der Waals surface area contributed by atoms with E-state index in [1.165, 1.54) is 19.3 Å². The van der Waals surface area contributed by atoms with Gasteiger partial charge in [-0.25, -0.2) is 0 Å². The van der Waals surface area contributed by atoms with Crippen LogP contribution in [-0.2, 0) is 0 Å². The van der Waals surface area contributed by atoms with E-state index >= 15 is 0 Å². The highest BCUT2D eigenvalue weighted by Crippen LogP contribution is 2.02. The average molecular weight is 301 g/mol. The maximum absolute atomic E-state index is 5.14. The zero-order valence-corrected chi connectivity index (χ0v) is 14.2. The second kappa shape index (κ2) is 16.9. The van der Waals surface area contributed by atoms with Crippen molar-refractivity contribution in [3.8, 4) is 0 Å². The van der Waals surface area contributed by atoms with E-state index < -0.39 is 0 Å². The first-order chi connectivity index (χ1) is 9.25. The molecular weight excluding hydrogens is 260 g/mol. The van der Waals surface area contributed by atoms with Gasteiger partial charge in [0.1, 0.15) is 0 Å². The van der Waals surface area contributed by atoms with Gasteiger partial charge < -0.3 is 16.8 Å². The van der Waals surface area contributed by atoms with Crippen LogP contribution in [-0.4, -0.2) is 19.0 Å². The molecule has 4 heteroatoms. The fraction of sp³-hybridized carbons (Fsp3) is 0.824. The number of allylic oxidation sites excluding steroid dienone is 1. The maximum atomic E-state index is 5.14. The summed E-state index contributed by atoms with van der Waals surface area (Å²) in [5.74, 6) is 1.77. The number of guanidine groups is 1. The minimum Gasteiger partial charge on any atom is -0.389 e. The van der Waals surface area contributed by atoms with Crippen LogP contribution in [0.1, 0.15) is 67.7 Å². The number of nitrogens with zero attached hydrogens (tertiary/aromatic N) is 1. The summed E-state index contributed by atoms with van der Waals surface area (Å²) in [6.45, 7) is 16.5. The fourth-order valence-electron chi connectivity index (χ4n) is 1.52. The van der Waals surface area contributed by atoms with Crippen LogP contribution in [0.15, 0.2) is 17.3 Å². The zero-order chi connectivity index (χ0) is 16.0. The van der Waals surface area contributed by atoms with Gasteiger partial charge in [-0.05, 0) is 44.4 Å². The molecule has 0 aliphatic rings. The van der Waals surface area contributed by atoms with Crippen molar-refractivity contribution >= 4 is 5.96 Å². The third kappa shape index (κ3) is 32.4. The third-order valence-electron chi connectivity index (χ3n) is 2.62. The molecule has 0 atom stereocenters. The average Bonchev–Trinajstić information content (AvgIpc) is 2.30. The Hall–Kier alpha value is -1.19. The molecule has 4 nitrogen and oxygen atoms in total. The minimum atomic E-state index is 0. The van der Waals surface area contributed by atoms with Gasteiger partial charge in [0, 0.05) is 18.8 Å². The molecule has 0 aliphatic heterocycles. The molecule has 0 rings (SSSR count). The van der Waals surface area contributed by atoms with Crippen molar-refractivity contribution in [2.24, 2.45) is 28.3 Å². The minimum absolute atomic E-state index is 0. The van der Waals surface area contributed by atoms with Crippen molar-refractivity contribution in [3.05, 3.63) is 12.3 Å². The van der Waals surface area contributed by atoms with Crippen LogP contribution in [0.25, 0.3) is 0 Å². The molecule has 0 aromatic carbocycles. The number of hydrogen-bond acceptors (Lipinski definition) is 2. The highest BCUT2D eigenvalue weighted by Gasteiger charge is 1.92. The number of nitrogens with two attached hydrogens (primary N) is 2. The number of nitrogens with one attached hydrogen (secondary N) is 1. The van der Waals surface area contributed by atoms with E-state index in [0.29, 0.717) is 0 Å². The lowest BCUT2D eigenvalue weighted by molar-refractivity contribution is 0.543. The van der Waals surface area contributed by atoms with Crippen molar-refractivity contribution in [3.63, 3.8) is 0 Å². The monoisotopic (exact) mass is 300 g/mol. The largest absolute Gasteiger partial charge is 0.389 e. The molecule has 5 N–H and O–H groups in total. The Morgan fingerprint density at radius 3 is 1.90 bits per heavy atom. The normalized spacial score (nSPS) is 9.48. The lowest BCUT2D eigenvalue weighted by atomic mass is 10.1. The summed E-state index contributed by atoms with van der Waals surface area (Å²) in [5, 5.41) is 3.21. The van der Waals surface area contributed by atoms with E-state index in [0.717, 1.165) is 37.0 Å². The van der Waals surface area contributed by atoms with Crippen LogP contribution in [0.5, 0.6) is 0 Å². The molecule has 0 aliphatic carbocycles. The molecular formula is C17H40N4. The van der Waals surface area contributed by atoms with Gasteiger partial charge in [0.2, 0.25) is 0 Å². The Labute approximate surface area is 133 Å². The summed E-state index contributed by atoms with van der Waals surface area (Å²) in [6.07, 6.45) is 4.83. The van der Waals surface area contributed by atoms with Crippen molar-refractivity contribution in [1.29, 1.82) is 0 Å². The van der Waals surface area contributed by atoms with Gasteiger partial charge in [-0.15, -0.1) is 0 Å². The van der Waals surface area contributed by atoms with Crippen LogP contribution in [0.4, 0.5) is 0 Å². The molecule has 21 heavy (non-hydrogen) atoms. The van der Waals surface area contributed by atoms with Gasteiger partial charge in [0.25, 0.3) is 0 Å². The Bertz CT molecular complexity index is 254. The molecule has 128 valence electrons. The van der Waals surface area contributed by atoms with E-state index in [1.807, 2.05) is 6.92 Å². The predicted molar refractivity (Wildman–Crippen MR) is 98.4 cm³/mol. The van der Waals surface area contributed by atoms with E-state index in [2.05, 4.69) is 44.6 Å². The number of hydrogen-bond donors (Lipinski definition) is 3. The fourth-order valence-corrected chi connectivity index (χ4v) is 1.52. The molecule has 0 heterocycles. The van der Waals surface area contributed by atoms with Gasteiger partial charge in [0.05, 0.1) is 0 Å². The third-order valence-corrected chi connectivity index (χ3v) is 2.62. The highest BCUT2D eigenvalue weighted by atomic mass is 15.0. The van der Waals surface area contributed by atoms with Crippen molar-refractivity contribution in [2.75, 3.05) is 13.1 Å². The highest BCUT2D eigenvalue weighted by molar-refractivity contribution is 5.75. The summed E-state index contributed by atoms with van der Waals surface area (Å²) in [5.41, 5.74) is 11.3. The first kappa shape index (κ1) is 24.8. The molecule has 0 bridgehead atoms. The molecule has 0 spiro atoms. The van der Waals surface area contributed by atoms with Gasteiger partial charge in [-0.3, -0.25) is 4.99 Å². The first-order valence-corrected chi connectivity index (χ1v) is 7.70. The van der Waals surface area contributed by atoms with Crippen LogP contribution >= 0.6 is 0 Å². The lowest BCUT2D eigenvalue weighted by Crippen LogP contribution is -2.22. The lowest BCUT2D eigenvalue weighted by Gasteiger charge is -2.06. The standard InChI is InChI=1S/C9H19N.C7H17N3.CH4/c1-8(2)6-5-7-10-9(3)4;1-6(2)4-3-5-10-7(8)9;/h8,10H,3,5-7H2,1-2,4H3;6H,3-5H2,1-2H3,(H4,8,9,10);1H4. The van der Waals surface area contributed by atoms with E-state index in [4.69, 9.17) is 11.5 Å². The molecule has 0 unspecified atom stereocenters. The summed E-state index contributed by atoms with van der Waals surface area (Å²) in [6, 6.07) is 0. The van der Waals surface area contributed by atoms with E-state index in [1.54, 1.807) is 0 Å². The second-order valence-corrected chi connectivity index (χ2v) is 6.09. The van der Waals surface area contributed by atoms with Crippen molar-refractivity contribution < 1.29 is 0 Å². The maximum Gasteiger partial charge on any atom is 0.185 e. The quantitative estimate of drug-likeness (QED) is 0.343. The smallest absolute Gasteiger partial charge is 0.185 e. The van der Waals surface area contributed by atoms with Crippen molar-refractivity contribution in [1.82, 2.24) is 5.32 Å².